The molecule has 3 fully saturated rings. The van der Waals surface area contributed by atoms with Gasteiger partial charge in [0, 0.05) is 35.4 Å². The maximum absolute atomic E-state index is 14.7. The number of carbonyl (C=O) groups excluding carboxylic acids is 3. The van der Waals surface area contributed by atoms with Gasteiger partial charge in [-0.3, -0.25) is 14.2 Å². The highest BCUT2D eigenvalue weighted by atomic mass is 31.2. The summed E-state index contributed by atoms with van der Waals surface area (Å²) in [4.78, 5) is 59.6. The van der Waals surface area contributed by atoms with Gasteiger partial charge in [0.25, 0.3) is 0 Å². The van der Waals surface area contributed by atoms with Crippen LogP contribution in [0.1, 0.15) is 66.2 Å². The van der Waals surface area contributed by atoms with E-state index in [0.29, 0.717) is 28.1 Å². The summed E-state index contributed by atoms with van der Waals surface area (Å²) in [7, 11) is -2.44. The third-order valence-electron chi connectivity index (χ3n) is 10.7. The standard InChI is InChI=1S/C41H51N4O8P/c1-7-20-54(49,50)41(24-27(41)8-2)44-37(46)34-22-30(25-45(34)38(47)36(40(3,4)5)43-39(48)53-28-16-12-13-17-28)52-35-23-32(26-14-10-9-11-15-26)42-33-21-29(51-6)18-19-31(33)35/h7-11,14-15,18-21,23,27-28,30,34,36H,2,12-13,16-17,22,24-25H2,1,3-6H3,(H,43,48)(H,44,46)(H,49,50)/b20-7+/t27-,30-,34+,36-,41+/m1/s1. The summed E-state index contributed by atoms with van der Waals surface area (Å²) in [5, 5.41) is 4.97. The molecule has 0 radical (unpaired) electrons. The van der Waals surface area contributed by atoms with E-state index < -0.39 is 60.1 Å². The third-order valence-corrected chi connectivity index (χ3v) is 13.1. The summed E-state index contributed by atoms with van der Waals surface area (Å²) in [6.07, 6.45) is 5.29. The Morgan fingerprint density at radius 1 is 1.09 bits per heavy atom. The van der Waals surface area contributed by atoms with E-state index in [2.05, 4.69) is 17.2 Å². The van der Waals surface area contributed by atoms with Gasteiger partial charge in [0.1, 0.15) is 41.1 Å². The zero-order valence-electron chi connectivity index (χ0n) is 31.6. The van der Waals surface area contributed by atoms with Crippen LogP contribution in [0.25, 0.3) is 22.2 Å². The van der Waals surface area contributed by atoms with Gasteiger partial charge in [0.2, 0.25) is 19.2 Å². The van der Waals surface area contributed by atoms with E-state index in [4.69, 9.17) is 19.2 Å². The number of nitrogens with one attached hydrogen (secondary N) is 2. The van der Waals surface area contributed by atoms with Crippen LogP contribution in [-0.4, -0.2) is 75.9 Å². The van der Waals surface area contributed by atoms with E-state index in [0.717, 1.165) is 31.2 Å². The van der Waals surface area contributed by atoms with Crippen molar-refractivity contribution in [2.45, 2.75) is 95.8 Å². The van der Waals surface area contributed by atoms with Crippen LogP contribution in [-0.2, 0) is 18.9 Å². The number of fused-ring (bicyclic) bond motifs is 1. The van der Waals surface area contributed by atoms with Gasteiger partial charge in [-0.2, -0.15) is 0 Å². The number of ether oxygens (including phenoxy) is 3. The zero-order valence-corrected chi connectivity index (χ0v) is 32.5. The Morgan fingerprint density at radius 2 is 1.81 bits per heavy atom. The molecule has 2 saturated carbocycles. The van der Waals surface area contributed by atoms with Gasteiger partial charge in [-0.1, -0.05) is 63.3 Å². The summed E-state index contributed by atoms with van der Waals surface area (Å²) in [5.74, 6) is 0.841. The lowest BCUT2D eigenvalue weighted by Crippen LogP contribution is -2.58. The van der Waals surface area contributed by atoms with Crippen molar-refractivity contribution in [3.05, 3.63) is 79.1 Å². The minimum Gasteiger partial charge on any atom is -0.497 e. The molecule has 3 amide bonds. The summed E-state index contributed by atoms with van der Waals surface area (Å²) >= 11 is 0. The van der Waals surface area contributed by atoms with Gasteiger partial charge in [0.15, 0.2) is 0 Å². The first-order chi connectivity index (χ1) is 25.7. The van der Waals surface area contributed by atoms with Crippen molar-refractivity contribution in [1.29, 1.82) is 0 Å². The second kappa shape index (κ2) is 15.6. The quantitative estimate of drug-likeness (QED) is 0.129. The molecular formula is C41H51N4O8P. The molecule has 0 spiro atoms. The van der Waals surface area contributed by atoms with Crippen LogP contribution < -0.4 is 20.1 Å². The predicted molar refractivity (Wildman–Crippen MR) is 207 cm³/mol. The number of allylic oxidation sites excluding steroid dienone is 1. The highest BCUT2D eigenvalue weighted by Crippen LogP contribution is 2.70. The molecule has 1 saturated heterocycles. The molecule has 3 aromatic rings. The Kier molecular flexibility index (Phi) is 11.3. The average molecular weight is 759 g/mol. The SMILES string of the molecule is C=C[C@@H]1C[C@]1(NC(=O)[C@@H]1C[C@@H](Oc2cc(-c3ccccc3)nc3cc(OC)ccc23)CN1C(=O)[C@@H](NC(=O)OC1CCCC1)C(C)(C)C)P(=O)(O)/C=C/C. The van der Waals surface area contributed by atoms with Gasteiger partial charge < -0.3 is 34.6 Å². The van der Waals surface area contributed by atoms with E-state index in [-0.39, 0.29) is 25.5 Å². The second-order valence-corrected chi connectivity index (χ2v) is 17.9. The number of rotatable bonds is 12. The minimum absolute atomic E-state index is 0.00697. The average Bonchev–Trinajstić information content (AvgIpc) is 3.41. The monoisotopic (exact) mass is 758 g/mol. The molecule has 1 aromatic heterocycles. The molecule has 54 heavy (non-hydrogen) atoms. The Hall–Kier alpha value is -4.67. The molecule has 2 aromatic carbocycles. The first kappa shape index (κ1) is 39.0. The Labute approximate surface area is 316 Å². The summed E-state index contributed by atoms with van der Waals surface area (Å²) in [6, 6.07) is 14.9. The first-order valence-corrected chi connectivity index (χ1v) is 20.3. The number of hydrogen-bond donors (Lipinski definition) is 3. The van der Waals surface area contributed by atoms with Crippen molar-refractivity contribution >= 4 is 36.2 Å². The van der Waals surface area contributed by atoms with Crippen molar-refractivity contribution in [3.63, 3.8) is 0 Å². The lowest BCUT2D eigenvalue weighted by atomic mass is 9.85. The normalized spacial score (nSPS) is 24.5. The molecule has 288 valence electrons. The van der Waals surface area contributed by atoms with Crippen LogP contribution in [0.4, 0.5) is 4.79 Å². The molecule has 3 N–H and O–H groups in total. The van der Waals surface area contributed by atoms with Crippen LogP contribution >= 0.6 is 7.37 Å². The van der Waals surface area contributed by atoms with Gasteiger partial charge in [-0.25, -0.2) is 9.78 Å². The van der Waals surface area contributed by atoms with Gasteiger partial charge in [-0.05, 0) is 62.4 Å². The van der Waals surface area contributed by atoms with Crippen molar-refractivity contribution < 1.29 is 38.1 Å². The van der Waals surface area contributed by atoms with E-state index in [9.17, 15) is 23.8 Å². The van der Waals surface area contributed by atoms with E-state index in [1.54, 1.807) is 20.1 Å². The summed E-state index contributed by atoms with van der Waals surface area (Å²) in [6.45, 7) is 11.0. The molecule has 0 bridgehead atoms. The molecule has 6 rings (SSSR count). The molecule has 2 aliphatic carbocycles. The number of benzene rings is 2. The molecule has 1 aliphatic heterocycles. The fraction of sp³-hybridized carbons (Fsp3) is 0.463. The number of nitrogens with zero attached hydrogens (tertiary/aromatic N) is 2. The number of hydrogen-bond acceptors (Lipinski definition) is 8. The first-order valence-electron chi connectivity index (χ1n) is 18.6. The number of methoxy groups -OCH3 is 1. The minimum atomic E-state index is -4.02. The van der Waals surface area contributed by atoms with Crippen molar-refractivity contribution in [2.24, 2.45) is 11.3 Å². The zero-order chi connectivity index (χ0) is 38.8. The number of pyridine rings is 1. The number of amides is 3. The fourth-order valence-electron chi connectivity index (χ4n) is 7.61. The third kappa shape index (κ3) is 8.05. The van der Waals surface area contributed by atoms with Crippen LogP contribution in [0.5, 0.6) is 11.5 Å². The van der Waals surface area contributed by atoms with E-state index in [1.165, 1.54) is 16.8 Å². The van der Waals surface area contributed by atoms with Crippen LogP contribution in [0.3, 0.4) is 0 Å². The number of aromatic nitrogens is 1. The fourth-order valence-corrected chi connectivity index (χ4v) is 9.59. The van der Waals surface area contributed by atoms with Crippen molar-refractivity contribution in [2.75, 3.05) is 13.7 Å². The van der Waals surface area contributed by atoms with E-state index in [1.807, 2.05) is 75.4 Å². The summed E-state index contributed by atoms with van der Waals surface area (Å²) < 4.78 is 31.5. The molecule has 13 heteroatoms. The Balaban J connectivity index is 1.35. The Morgan fingerprint density at radius 3 is 2.44 bits per heavy atom. The van der Waals surface area contributed by atoms with E-state index >= 15 is 0 Å². The lowest BCUT2D eigenvalue weighted by molar-refractivity contribution is -0.142. The highest BCUT2D eigenvalue weighted by Gasteiger charge is 2.65. The predicted octanol–water partition coefficient (Wildman–Crippen LogP) is 7.16. The molecule has 6 atom stereocenters. The van der Waals surface area contributed by atoms with Gasteiger partial charge in [0.05, 0.1) is 24.9 Å². The van der Waals surface area contributed by atoms with Gasteiger partial charge >= 0.3 is 6.09 Å². The molecule has 3 aliphatic rings. The maximum Gasteiger partial charge on any atom is 0.408 e. The second-order valence-electron chi connectivity index (χ2n) is 15.6. The number of carbonyl (C=O) groups is 3. The molecule has 12 nitrogen and oxygen atoms in total. The number of likely N-dealkylation sites (tertiary alicyclic amines) is 1. The maximum atomic E-state index is 14.7. The lowest BCUT2D eigenvalue weighted by Gasteiger charge is -2.35. The Bertz CT molecular complexity index is 1970. The topological polar surface area (TPSA) is 156 Å². The molecular weight excluding hydrogens is 707 g/mol. The van der Waals surface area contributed by atoms with Crippen LogP contribution in [0.15, 0.2) is 79.1 Å². The van der Waals surface area contributed by atoms with Crippen molar-refractivity contribution in [3.8, 4) is 22.8 Å². The van der Waals surface area contributed by atoms with Crippen LogP contribution in [0, 0.1) is 11.3 Å². The smallest absolute Gasteiger partial charge is 0.408 e. The summed E-state index contributed by atoms with van der Waals surface area (Å²) in [5.41, 5.74) is 1.41. The van der Waals surface area contributed by atoms with Crippen molar-refractivity contribution in [1.82, 2.24) is 20.5 Å². The molecule has 1 unspecified atom stereocenters. The van der Waals surface area contributed by atoms with Gasteiger partial charge in [-0.15, -0.1) is 6.58 Å². The van der Waals surface area contributed by atoms with Crippen LogP contribution in [0.2, 0.25) is 0 Å². The largest absolute Gasteiger partial charge is 0.497 e. The molecule has 2 heterocycles. The number of alkyl carbamates (subject to hydrolysis) is 1. The highest BCUT2D eigenvalue weighted by molar-refractivity contribution is 7.63.